The molecule has 0 fully saturated rings. The van der Waals surface area contributed by atoms with Crippen molar-refractivity contribution >= 4 is 27.5 Å². The number of nitrogens with one attached hydrogen (secondary N) is 1. The van der Waals surface area contributed by atoms with Crippen molar-refractivity contribution in [2.45, 2.75) is 18.5 Å². The minimum atomic E-state index is 0.121. The Kier molecular flexibility index (Phi) is 5.36. The van der Waals surface area contributed by atoms with Gasteiger partial charge in [-0.3, -0.25) is 0 Å². The van der Waals surface area contributed by atoms with E-state index in [9.17, 15) is 0 Å². The monoisotopic (exact) mass is 476 g/mol. The van der Waals surface area contributed by atoms with Crippen LogP contribution in [0.3, 0.4) is 0 Å². The molecule has 2 atom stereocenters. The topological polar surface area (TPSA) is 17.0 Å². The van der Waals surface area contributed by atoms with Crippen molar-refractivity contribution < 1.29 is 0 Å². The van der Waals surface area contributed by atoms with Gasteiger partial charge in [0.1, 0.15) is 6.17 Å². The van der Waals surface area contributed by atoms with Crippen LogP contribution >= 0.6 is 0 Å². The number of fused-ring (bicyclic) bond motifs is 3. The molecule has 0 saturated carbocycles. The number of hydrogen-bond acceptors (Lipinski definition) is 1. The molecule has 2 nitrogen and oxygen atoms in total. The summed E-state index contributed by atoms with van der Waals surface area (Å²) in [6, 6.07) is 48.0. The van der Waals surface area contributed by atoms with Crippen LogP contribution in [0.5, 0.6) is 0 Å². The third-order valence-electron chi connectivity index (χ3n) is 7.61. The molecular weight excluding hydrogens is 448 g/mol. The van der Waals surface area contributed by atoms with Crippen LogP contribution in [0.25, 0.3) is 38.6 Å². The maximum Gasteiger partial charge on any atom is 0.105 e. The lowest BCUT2D eigenvalue weighted by molar-refractivity contribution is 0.418. The van der Waals surface area contributed by atoms with Crippen LogP contribution in [0.2, 0.25) is 0 Å². The molecule has 0 amide bonds. The molecule has 1 aliphatic heterocycles. The Bertz CT molecular complexity index is 1710. The van der Waals surface area contributed by atoms with Gasteiger partial charge >= 0.3 is 0 Å². The summed E-state index contributed by atoms with van der Waals surface area (Å²) in [6.07, 6.45) is 3.51. The first-order valence-corrected chi connectivity index (χ1v) is 13.0. The zero-order valence-electron chi connectivity index (χ0n) is 20.6. The highest BCUT2D eigenvalue weighted by Crippen LogP contribution is 2.40. The Hall–Kier alpha value is -4.56. The first kappa shape index (κ1) is 21.7. The lowest BCUT2D eigenvalue weighted by atomic mass is 9.89. The predicted octanol–water partition coefficient (Wildman–Crippen LogP) is 8.78. The summed E-state index contributed by atoms with van der Waals surface area (Å²) in [6.45, 7) is 0. The highest BCUT2D eigenvalue weighted by Gasteiger charge is 2.27. The predicted molar refractivity (Wildman–Crippen MR) is 155 cm³/mol. The van der Waals surface area contributed by atoms with Crippen molar-refractivity contribution in [3.63, 3.8) is 0 Å². The SMILES string of the molecule is C1=C(c2ccccc2)NC(n2c3ccccc3c3cc(-c4ccccc4)ccc32)C[C@@H]1c1ccccc1. The first-order chi connectivity index (χ1) is 18.3. The fraction of sp³-hybridized carbons (Fsp3) is 0.0857. The minimum Gasteiger partial charge on any atom is -0.365 e. The van der Waals surface area contributed by atoms with Gasteiger partial charge in [0.05, 0.1) is 11.0 Å². The number of rotatable bonds is 4. The van der Waals surface area contributed by atoms with Crippen LogP contribution in [0.15, 0.2) is 140 Å². The van der Waals surface area contributed by atoms with Gasteiger partial charge in [-0.25, -0.2) is 0 Å². The number of nitrogens with zero attached hydrogens (tertiary/aromatic N) is 1. The van der Waals surface area contributed by atoms with Gasteiger partial charge in [0.15, 0.2) is 0 Å². The van der Waals surface area contributed by atoms with Crippen LogP contribution in [0, 0.1) is 0 Å². The Morgan fingerprint density at radius 3 is 1.92 bits per heavy atom. The molecule has 0 spiro atoms. The lowest BCUT2D eigenvalue weighted by Gasteiger charge is -2.33. The van der Waals surface area contributed by atoms with Crippen molar-refractivity contribution in [2.24, 2.45) is 0 Å². The molecule has 0 saturated heterocycles. The molecule has 5 aromatic carbocycles. The van der Waals surface area contributed by atoms with E-state index < -0.39 is 0 Å². The van der Waals surface area contributed by atoms with Gasteiger partial charge in [-0.05, 0) is 46.9 Å². The highest BCUT2D eigenvalue weighted by molar-refractivity contribution is 6.09. The molecule has 7 rings (SSSR count). The van der Waals surface area contributed by atoms with Crippen LogP contribution < -0.4 is 5.32 Å². The van der Waals surface area contributed by atoms with Crippen molar-refractivity contribution in [3.05, 3.63) is 151 Å². The summed E-state index contributed by atoms with van der Waals surface area (Å²) in [5, 5.41) is 6.52. The fourth-order valence-corrected chi connectivity index (χ4v) is 5.85. The van der Waals surface area contributed by atoms with E-state index in [1.807, 2.05) is 0 Å². The van der Waals surface area contributed by atoms with E-state index in [0.717, 1.165) is 6.42 Å². The second-order valence-electron chi connectivity index (χ2n) is 9.84. The molecule has 6 aromatic rings. The minimum absolute atomic E-state index is 0.121. The van der Waals surface area contributed by atoms with E-state index in [0.29, 0.717) is 5.92 Å². The number of hydrogen-bond donors (Lipinski definition) is 1. The Balaban J connectivity index is 1.40. The standard InChI is InChI=1S/C35H28N2/c1-4-12-25(13-5-1)28-20-21-34-31(22-28)30-18-10-11-19-33(30)37(34)35-24-29(26-14-6-2-7-15-26)23-32(36-35)27-16-8-3-9-17-27/h1-23,29,35-36H,24H2/t29-,35?/m1/s1. The van der Waals surface area contributed by atoms with Crippen molar-refractivity contribution in [1.29, 1.82) is 0 Å². The molecule has 37 heavy (non-hydrogen) atoms. The zero-order valence-corrected chi connectivity index (χ0v) is 20.6. The molecule has 178 valence electrons. The number of aromatic nitrogens is 1. The molecule has 2 heterocycles. The quantitative estimate of drug-likeness (QED) is 0.269. The first-order valence-electron chi connectivity index (χ1n) is 13.0. The molecule has 1 aliphatic rings. The normalized spacial score (nSPS) is 17.5. The molecule has 1 unspecified atom stereocenters. The summed E-state index contributed by atoms with van der Waals surface area (Å²) < 4.78 is 2.52. The van der Waals surface area contributed by atoms with Crippen LogP contribution in [0.1, 0.15) is 29.6 Å². The smallest absolute Gasteiger partial charge is 0.105 e. The van der Waals surface area contributed by atoms with Crippen LogP contribution in [0.4, 0.5) is 0 Å². The Labute approximate surface area is 217 Å². The van der Waals surface area contributed by atoms with Gasteiger partial charge in [0, 0.05) is 22.4 Å². The summed E-state index contributed by atoms with van der Waals surface area (Å²) in [4.78, 5) is 0. The maximum absolute atomic E-state index is 3.93. The fourth-order valence-electron chi connectivity index (χ4n) is 5.85. The summed E-state index contributed by atoms with van der Waals surface area (Å²) in [7, 11) is 0. The molecule has 1 aromatic heterocycles. The number of allylic oxidation sites excluding steroid dienone is 1. The molecule has 0 bridgehead atoms. The van der Waals surface area contributed by atoms with Gasteiger partial charge in [-0.1, -0.05) is 121 Å². The number of benzene rings is 5. The zero-order chi connectivity index (χ0) is 24.6. The molecule has 2 heteroatoms. The third kappa shape index (κ3) is 3.91. The van der Waals surface area contributed by atoms with Crippen molar-refractivity contribution in [2.75, 3.05) is 0 Å². The van der Waals surface area contributed by atoms with E-state index in [-0.39, 0.29) is 6.17 Å². The van der Waals surface area contributed by atoms with Crippen molar-refractivity contribution in [1.82, 2.24) is 9.88 Å². The summed E-state index contributed by atoms with van der Waals surface area (Å²) in [5.41, 5.74) is 8.79. The average Bonchev–Trinajstić information content (AvgIpc) is 3.32. The highest BCUT2D eigenvalue weighted by atomic mass is 15.2. The molecular formula is C35H28N2. The van der Waals surface area contributed by atoms with E-state index in [2.05, 4.69) is 149 Å². The Morgan fingerprint density at radius 2 is 1.16 bits per heavy atom. The van der Waals surface area contributed by atoms with Crippen molar-refractivity contribution in [3.8, 4) is 11.1 Å². The lowest BCUT2D eigenvalue weighted by Crippen LogP contribution is -2.31. The summed E-state index contributed by atoms with van der Waals surface area (Å²) in [5.74, 6) is 0.322. The third-order valence-corrected chi connectivity index (χ3v) is 7.61. The second kappa shape index (κ2) is 9.15. The average molecular weight is 477 g/mol. The van der Waals surface area contributed by atoms with E-state index in [1.54, 1.807) is 0 Å². The van der Waals surface area contributed by atoms with E-state index in [1.165, 1.54) is 49.8 Å². The molecule has 1 N–H and O–H groups in total. The van der Waals surface area contributed by atoms with Crippen LogP contribution in [-0.2, 0) is 0 Å². The number of para-hydroxylation sites is 1. The molecule has 0 aliphatic carbocycles. The van der Waals surface area contributed by atoms with E-state index >= 15 is 0 Å². The summed E-state index contributed by atoms with van der Waals surface area (Å²) >= 11 is 0. The second-order valence-corrected chi connectivity index (χ2v) is 9.84. The maximum atomic E-state index is 3.93. The van der Waals surface area contributed by atoms with Gasteiger partial charge in [-0.2, -0.15) is 0 Å². The van der Waals surface area contributed by atoms with Crippen LogP contribution in [-0.4, -0.2) is 4.57 Å². The van der Waals surface area contributed by atoms with Gasteiger partial charge in [0.25, 0.3) is 0 Å². The van der Waals surface area contributed by atoms with Gasteiger partial charge in [0.2, 0.25) is 0 Å². The Morgan fingerprint density at radius 1 is 0.541 bits per heavy atom. The molecule has 0 radical (unpaired) electrons. The largest absolute Gasteiger partial charge is 0.365 e. The van der Waals surface area contributed by atoms with E-state index in [4.69, 9.17) is 0 Å². The van der Waals surface area contributed by atoms with Gasteiger partial charge in [-0.15, -0.1) is 0 Å². The van der Waals surface area contributed by atoms with Gasteiger partial charge < -0.3 is 9.88 Å².